The van der Waals surface area contributed by atoms with Crippen LogP contribution in [0.15, 0.2) is 18.2 Å². The second-order valence-corrected chi connectivity index (χ2v) is 2.82. The van der Waals surface area contributed by atoms with Gasteiger partial charge in [-0.3, -0.25) is 0 Å². The van der Waals surface area contributed by atoms with Crippen LogP contribution < -0.4 is 17.7 Å². The average Bonchev–Trinajstić information content (AvgIpc) is 2.10. The van der Waals surface area contributed by atoms with Gasteiger partial charge in [0.05, 0.1) is 6.10 Å². The van der Waals surface area contributed by atoms with E-state index >= 15 is 0 Å². The number of halogens is 1. The number of rotatable bonds is 3. The molecular formula is C9H13ClNO3-. The molecule has 1 rings (SSSR count). The van der Waals surface area contributed by atoms with Gasteiger partial charge in [0.1, 0.15) is 0 Å². The molecule has 0 heterocycles. The Morgan fingerprint density at radius 1 is 1.29 bits per heavy atom. The third-order valence-corrected chi connectivity index (χ3v) is 1.78. The van der Waals surface area contributed by atoms with Crippen LogP contribution in [-0.4, -0.2) is 28.9 Å². The standard InChI is InChI=1S/C9H13NO3.ClH/c1-10-5-9(13)6-2-3-7(11)8(12)4-6;/h2-4,9-13H,5H2,1H3;1H/p-1. The monoisotopic (exact) mass is 218 g/mol. The highest BCUT2D eigenvalue weighted by atomic mass is 35.5. The van der Waals surface area contributed by atoms with Gasteiger partial charge in [-0.15, -0.1) is 0 Å². The molecule has 0 aliphatic rings. The van der Waals surface area contributed by atoms with Crippen LogP contribution in [0.3, 0.4) is 0 Å². The van der Waals surface area contributed by atoms with Crippen molar-refractivity contribution in [1.29, 1.82) is 0 Å². The molecule has 4 N–H and O–H groups in total. The molecule has 0 aliphatic heterocycles. The van der Waals surface area contributed by atoms with Gasteiger partial charge in [-0.25, -0.2) is 0 Å². The summed E-state index contributed by atoms with van der Waals surface area (Å²) in [4.78, 5) is 0. The molecule has 14 heavy (non-hydrogen) atoms. The Labute approximate surface area is 88.6 Å². The molecule has 0 saturated carbocycles. The molecule has 0 radical (unpaired) electrons. The Morgan fingerprint density at radius 3 is 2.43 bits per heavy atom. The first kappa shape index (κ1) is 13.0. The van der Waals surface area contributed by atoms with Crippen molar-refractivity contribution in [2.24, 2.45) is 0 Å². The number of phenolic OH excluding ortho intramolecular Hbond substituents is 2. The van der Waals surface area contributed by atoms with Crippen molar-refractivity contribution in [3.63, 3.8) is 0 Å². The van der Waals surface area contributed by atoms with Gasteiger partial charge in [-0.05, 0) is 24.7 Å². The SMILES string of the molecule is CNCC(O)c1ccc(O)c(O)c1.[Cl-]. The summed E-state index contributed by atoms with van der Waals surface area (Å²) in [5, 5.41) is 30.4. The molecular weight excluding hydrogens is 206 g/mol. The van der Waals surface area contributed by atoms with Crippen molar-refractivity contribution in [1.82, 2.24) is 5.32 Å². The molecule has 1 atom stereocenters. The van der Waals surface area contributed by atoms with E-state index in [-0.39, 0.29) is 23.9 Å². The van der Waals surface area contributed by atoms with Gasteiger partial charge in [0.2, 0.25) is 0 Å². The van der Waals surface area contributed by atoms with Gasteiger partial charge < -0.3 is 33.0 Å². The van der Waals surface area contributed by atoms with Crippen molar-refractivity contribution in [3.8, 4) is 11.5 Å². The van der Waals surface area contributed by atoms with E-state index in [2.05, 4.69) is 5.32 Å². The second kappa shape index (κ2) is 5.70. The predicted molar refractivity (Wildman–Crippen MR) is 48.7 cm³/mol. The highest BCUT2D eigenvalue weighted by molar-refractivity contribution is 5.41. The van der Waals surface area contributed by atoms with E-state index in [0.717, 1.165) is 0 Å². The maximum atomic E-state index is 9.48. The largest absolute Gasteiger partial charge is 1.00 e. The van der Waals surface area contributed by atoms with Crippen LogP contribution >= 0.6 is 0 Å². The summed E-state index contributed by atoms with van der Waals surface area (Å²) in [6.45, 7) is 0.407. The number of hydrogen-bond donors (Lipinski definition) is 4. The minimum absolute atomic E-state index is 0. The lowest BCUT2D eigenvalue weighted by molar-refractivity contribution is -0.00000617. The highest BCUT2D eigenvalue weighted by Gasteiger charge is 2.08. The predicted octanol–water partition coefficient (Wildman–Crippen LogP) is -2.65. The first-order valence-electron chi connectivity index (χ1n) is 3.99. The fourth-order valence-electron chi connectivity index (χ4n) is 1.06. The Hall–Kier alpha value is -0.970. The number of benzene rings is 1. The zero-order valence-corrected chi connectivity index (χ0v) is 8.49. The maximum Gasteiger partial charge on any atom is 0.157 e. The van der Waals surface area contributed by atoms with Crippen LogP contribution in [-0.2, 0) is 0 Å². The number of hydrogen-bond acceptors (Lipinski definition) is 4. The second-order valence-electron chi connectivity index (χ2n) is 2.82. The summed E-state index contributed by atoms with van der Waals surface area (Å²) in [6, 6.07) is 4.26. The van der Waals surface area contributed by atoms with Crippen molar-refractivity contribution >= 4 is 0 Å². The molecule has 0 aliphatic carbocycles. The molecule has 0 aromatic heterocycles. The van der Waals surface area contributed by atoms with E-state index in [0.29, 0.717) is 12.1 Å². The average molecular weight is 219 g/mol. The van der Waals surface area contributed by atoms with Crippen LogP contribution in [0.5, 0.6) is 11.5 Å². The van der Waals surface area contributed by atoms with Gasteiger partial charge in [0, 0.05) is 6.54 Å². The van der Waals surface area contributed by atoms with Crippen molar-refractivity contribution in [2.45, 2.75) is 6.10 Å². The van der Waals surface area contributed by atoms with E-state index < -0.39 is 6.10 Å². The van der Waals surface area contributed by atoms with Gasteiger partial charge in [-0.1, -0.05) is 6.07 Å². The third-order valence-electron chi connectivity index (χ3n) is 1.78. The molecule has 4 nitrogen and oxygen atoms in total. The lowest BCUT2D eigenvalue weighted by Crippen LogP contribution is -3.00. The Balaban J connectivity index is 0.00000169. The first-order valence-corrected chi connectivity index (χ1v) is 3.99. The van der Waals surface area contributed by atoms with Crippen LogP contribution in [0.25, 0.3) is 0 Å². The Bertz CT molecular complexity index is 293. The molecule has 0 bridgehead atoms. The topological polar surface area (TPSA) is 72.7 Å². The lowest BCUT2D eigenvalue weighted by atomic mass is 10.1. The van der Waals surface area contributed by atoms with Crippen LogP contribution in [0.1, 0.15) is 11.7 Å². The van der Waals surface area contributed by atoms with E-state index in [4.69, 9.17) is 10.2 Å². The van der Waals surface area contributed by atoms with E-state index in [1.807, 2.05) is 0 Å². The first-order chi connectivity index (χ1) is 6.15. The number of nitrogens with one attached hydrogen (secondary N) is 1. The zero-order chi connectivity index (χ0) is 9.84. The summed E-state index contributed by atoms with van der Waals surface area (Å²) < 4.78 is 0. The van der Waals surface area contributed by atoms with E-state index in [1.165, 1.54) is 12.1 Å². The lowest BCUT2D eigenvalue weighted by Gasteiger charge is -2.10. The number of aliphatic hydroxyl groups excluding tert-OH is 1. The van der Waals surface area contributed by atoms with Crippen LogP contribution in [0.2, 0.25) is 0 Å². The van der Waals surface area contributed by atoms with Crippen LogP contribution in [0.4, 0.5) is 0 Å². The summed E-state index contributed by atoms with van der Waals surface area (Å²) in [5.41, 5.74) is 0.574. The van der Waals surface area contributed by atoms with Crippen molar-refractivity contribution in [2.75, 3.05) is 13.6 Å². The molecule has 0 spiro atoms. The fourth-order valence-corrected chi connectivity index (χ4v) is 1.06. The fraction of sp³-hybridized carbons (Fsp3) is 0.333. The van der Waals surface area contributed by atoms with Crippen LogP contribution in [0, 0.1) is 0 Å². The van der Waals surface area contributed by atoms with Gasteiger partial charge in [0.15, 0.2) is 11.5 Å². The van der Waals surface area contributed by atoms with E-state index in [9.17, 15) is 5.11 Å². The number of aliphatic hydroxyl groups is 1. The number of phenols is 2. The van der Waals surface area contributed by atoms with E-state index in [1.54, 1.807) is 13.1 Å². The molecule has 0 saturated heterocycles. The van der Waals surface area contributed by atoms with Crippen molar-refractivity contribution in [3.05, 3.63) is 23.8 Å². The molecule has 1 unspecified atom stereocenters. The minimum Gasteiger partial charge on any atom is -1.00 e. The number of likely N-dealkylation sites (N-methyl/N-ethyl adjacent to an activating group) is 1. The minimum atomic E-state index is -0.670. The molecule has 1 aromatic rings. The quantitative estimate of drug-likeness (QED) is 0.419. The highest BCUT2D eigenvalue weighted by Crippen LogP contribution is 2.27. The van der Waals surface area contributed by atoms with Gasteiger partial charge in [0.25, 0.3) is 0 Å². The summed E-state index contributed by atoms with van der Waals surface area (Å²) in [5.74, 6) is -0.395. The number of aromatic hydroxyl groups is 2. The maximum absolute atomic E-state index is 9.48. The molecule has 0 amide bonds. The molecule has 5 heteroatoms. The molecule has 80 valence electrons. The summed E-state index contributed by atoms with van der Waals surface area (Å²) in [7, 11) is 1.73. The molecule has 0 fully saturated rings. The zero-order valence-electron chi connectivity index (χ0n) is 7.74. The van der Waals surface area contributed by atoms with Gasteiger partial charge >= 0.3 is 0 Å². The smallest absolute Gasteiger partial charge is 0.157 e. The third kappa shape index (κ3) is 3.06. The summed E-state index contributed by atoms with van der Waals surface area (Å²) in [6.07, 6.45) is -0.670. The van der Waals surface area contributed by atoms with Gasteiger partial charge in [-0.2, -0.15) is 0 Å². The Kier molecular flexibility index (Phi) is 5.30. The summed E-state index contributed by atoms with van der Waals surface area (Å²) >= 11 is 0. The van der Waals surface area contributed by atoms with Crippen molar-refractivity contribution < 1.29 is 27.7 Å². The normalized spacial score (nSPS) is 11.9. The molecule has 1 aromatic carbocycles. The Morgan fingerprint density at radius 2 is 1.93 bits per heavy atom.